The summed E-state index contributed by atoms with van der Waals surface area (Å²) in [6.07, 6.45) is 2.00. The molecule has 1 heterocycles. The van der Waals surface area contributed by atoms with E-state index in [-0.39, 0.29) is 6.61 Å². The van der Waals surface area contributed by atoms with Gasteiger partial charge in [-0.3, -0.25) is 0 Å². The minimum absolute atomic E-state index is 0.318. The maximum Gasteiger partial charge on any atom is 0.341 e. The Bertz CT molecular complexity index is 572. The summed E-state index contributed by atoms with van der Waals surface area (Å²) in [6, 6.07) is 9.58. The number of aliphatic carboxylic acids is 1. The van der Waals surface area contributed by atoms with Gasteiger partial charge in [-0.15, -0.1) is 0 Å². The van der Waals surface area contributed by atoms with E-state index >= 15 is 0 Å². The first-order valence-corrected chi connectivity index (χ1v) is 5.67. The van der Waals surface area contributed by atoms with Crippen LogP contribution in [0.2, 0.25) is 0 Å². The Labute approximate surface area is 105 Å². The summed E-state index contributed by atoms with van der Waals surface area (Å²) in [5.41, 5.74) is 3.26. The molecule has 18 heavy (non-hydrogen) atoms. The van der Waals surface area contributed by atoms with Crippen LogP contribution < -0.4 is 4.74 Å². The van der Waals surface area contributed by atoms with Crippen LogP contribution in [-0.4, -0.2) is 22.2 Å². The predicted octanol–water partition coefficient (Wildman–Crippen LogP) is 2.56. The average Bonchev–Trinajstić information content (AvgIpc) is 2.73. The fourth-order valence-electron chi connectivity index (χ4n) is 1.87. The molecule has 0 saturated carbocycles. The third-order valence-corrected chi connectivity index (χ3v) is 2.74. The predicted molar refractivity (Wildman–Crippen MR) is 68.4 cm³/mol. The van der Waals surface area contributed by atoms with Crippen LogP contribution in [-0.2, 0) is 4.79 Å². The second-order valence-corrected chi connectivity index (χ2v) is 4.15. The van der Waals surface area contributed by atoms with Crippen LogP contribution in [0.15, 0.2) is 36.5 Å². The van der Waals surface area contributed by atoms with E-state index in [4.69, 9.17) is 9.84 Å². The molecule has 0 amide bonds. The molecule has 0 aliphatic rings. The Kier molecular flexibility index (Phi) is 3.37. The SMILES string of the molecule is Cc1cc(OCC(=O)O)ccc1-n1cccc1C. The molecule has 0 bridgehead atoms. The second kappa shape index (κ2) is 4.96. The van der Waals surface area contributed by atoms with Crippen molar-refractivity contribution in [2.75, 3.05) is 6.61 Å². The maximum absolute atomic E-state index is 10.4. The zero-order chi connectivity index (χ0) is 13.1. The van der Waals surface area contributed by atoms with Crippen molar-refractivity contribution >= 4 is 5.97 Å². The maximum atomic E-state index is 10.4. The average molecular weight is 245 g/mol. The molecule has 4 heteroatoms. The monoisotopic (exact) mass is 245 g/mol. The van der Waals surface area contributed by atoms with Gasteiger partial charge in [0.1, 0.15) is 5.75 Å². The van der Waals surface area contributed by atoms with Gasteiger partial charge in [-0.05, 0) is 49.7 Å². The molecule has 1 N–H and O–H groups in total. The molecule has 0 aliphatic heterocycles. The third kappa shape index (κ3) is 2.53. The fraction of sp³-hybridized carbons (Fsp3) is 0.214. The number of carboxylic acid groups (broad SMARTS) is 1. The lowest BCUT2D eigenvalue weighted by molar-refractivity contribution is -0.139. The fourth-order valence-corrected chi connectivity index (χ4v) is 1.87. The summed E-state index contributed by atoms with van der Waals surface area (Å²) in [6.45, 7) is 3.69. The highest BCUT2D eigenvalue weighted by Crippen LogP contribution is 2.22. The zero-order valence-corrected chi connectivity index (χ0v) is 10.4. The minimum Gasteiger partial charge on any atom is -0.482 e. The van der Waals surface area contributed by atoms with Crippen molar-refractivity contribution in [1.29, 1.82) is 0 Å². The highest BCUT2D eigenvalue weighted by atomic mass is 16.5. The van der Waals surface area contributed by atoms with Gasteiger partial charge < -0.3 is 14.4 Å². The number of benzene rings is 1. The van der Waals surface area contributed by atoms with E-state index in [0.29, 0.717) is 5.75 Å². The molecule has 0 saturated heterocycles. The summed E-state index contributed by atoms with van der Waals surface area (Å²) in [5.74, 6) is -0.401. The lowest BCUT2D eigenvalue weighted by Gasteiger charge is -2.11. The van der Waals surface area contributed by atoms with E-state index < -0.39 is 5.97 Å². The Hall–Kier alpha value is -2.23. The van der Waals surface area contributed by atoms with E-state index in [2.05, 4.69) is 4.57 Å². The molecule has 0 fully saturated rings. The van der Waals surface area contributed by atoms with E-state index in [9.17, 15) is 4.79 Å². The van der Waals surface area contributed by atoms with E-state index in [1.54, 1.807) is 6.07 Å². The van der Waals surface area contributed by atoms with Gasteiger partial charge >= 0.3 is 5.97 Å². The first kappa shape index (κ1) is 12.2. The highest BCUT2D eigenvalue weighted by molar-refractivity contribution is 5.68. The summed E-state index contributed by atoms with van der Waals surface area (Å²) in [5, 5.41) is 8.56. The van der Waals surface area contributed by atoms with E-state index in [0.717, 1.165) is 16.9 Å². The number of carboxylic acids is 1. The highest BCUT2D eigenvalue weighted by Gasteiger charge is 2.05. The van der Waals surface area contributed by atoms with Crippen LogP contribution in [0.25, 0.3) is 5.69 Å². The normalized spacial score (nSPS) is 10.3. The Morgan fingerprint density at radius 2 is 2.11 bits per heavy atom. The van der Waals surface area contributed by atoms with Crippen molar-refractivity contribution in [3.05, 3.63) is 47.8 Å². The van der Waals surface area contributed by atoms with Gasteiger partial charge in [0.05, 0.1) is 0 Å². The van der Waals surface area contributed by atoms with Gasteiger partial charge in [-0.2, -0.15) is 0 Å². The molecule has 2 rings (SSSR count). The van der Waals surface area contributed by atoms with Crippen LogP contribution in [0.4, 0.5) is 0 Å². The molecular formula is C14H15NO3. The summed E-state index contributed by atoms with van der Waals surface area (Å²) in [7, 11) is 0. The largest absolute Gasteiger partial charge is 0.482 e. The molecule has 0 unspecified atom stereocenters. The molecule has 1 aromatic heterocycles. The van der Waals surface area contributed by atoms with Crippen molar-refractivity contribution < 1.29 is 14.6 Å². The smallest absolute Gasteiger partial charge is 0.341 e. The number of aryl methyl sites for hydroxylation is 2. The van der Waals surface area contributed by atoms with Crippen LogP contribution in [0.1, 0.15) is 11.3 Å². The van der Waals surface area contributed by atoms with Gasteiger partial charge in [-0.1, -0.05) is 0 Å². The van der Waals surface area contributed by atoms with Crippen molar-refractivity contribution in [3.8, 4) is 11.4 Å². The first-order chi connectivity index (χ1) is 8.58. The zero-order valence-electron chi connectivity index (χ0n) is 10.4. The van der Waals surface area contributed by atoms with E-state index in [1.807, 2.05) is 44.3 Å². The quantitative estimate of drug-likeness (QED) is 0.900. The molecule has 0 aliphatic carbocycles. The van der Waals surface area contributed by atoms with Crippen LogP contribution in [0.3, 0.4) is 0 Å². The Morgan fingerprint density at radius 3 is 2.67 bits per heavy atom. The molecule has 0 spiro atoms. The number of rotatable bonds is 4. The van der Waals surface area contributed by atoms with Gasteiger partial charge in [0.25, 0.3) is 0 Å². The van der Waals surface area contributed by atoms with Crippen molar-refractivity contribution in [1.82, 2.24) is 4.57 Å². The molecule has 2 aromatic rings. The van der Waals surface area contributed by atoms with Crippen molar-refractivity contribution in [3.63, 3.8) is 0 Å². The number of nitrogens with zero attached hydrogens (tertiary/aromatic N) is 1. The van der Waals surface area contributed by atoms with Crippen molar-refractivity contribution in [2.45, 2.75) is 13.8 Å². The van der Waals surface area contributed by atoms with Gasteiger partial charge in [-0.25, -0.2) is 4.79 Å². The summed E-state index contributed by atoms with van der Waals surface area (Å²) < 4.78 is 7.22. The Morgan fingerprint density at radius 1 is 1.33 bits per heavy atom. The van der Waals surface area contributed by atoms with Crippen molar-refractivity contribution in [2.24, 2.45) is 0 Å². The first-order valence-electron chi connectivity index (χ1n) is 5.67. The number of hydrogen-bond donors (Lipinski definition) is 1. The second-order valence-electron chi connectivity index (χ2n) is 4.15. The Balaban J connectivity index is 2.26. The van der Waals surface area contributed by atoms with Gasteiger partial charge in [0.15, 0.2) is 6.61 Å². The third-order valence-electron chi connectivity index (χ3n) is 2.74. The van der Waals surface area contributed by atoms with Crippen LogP contribution in [0, 0.1) is 13.8 Å². The number of hydrogen-bond acceptors (Lipinski definition) is 2. The lowest BCUT2D eigenvalue weighted by Crippen LogP contribution is -2.09. The van der Waals surface area contributed by atoms with Gasteiger partial charge in [0.2, 0.25) is 0 Å². The lowest BCUT2D eigenvalue weighted by atomic mass is 10.2. The molecule has 1 aromatic carbocycles. The van der Waals surface area contributed by atoms with E-state index in [1.165, 1.54) is 0 Å². The molecule has 0 atom stereocenters. The number of aromatic nitrogens is 1. The molecule has 94 valence electrons. The standard InChI is InChI=1S/C14H15NO3/c1-10-8-12(18-9-14(16)17)5-6-13(10)15-7-3-4-11(15)2/h3-8H,9H2,1-2H3,(H,16,17). The molecule has 0 radical (unpaired) electrons. The molecule has 4 nitrogen and oxygen atoms in total. The topological polar surface area (TPSA) is 51.5 Å². The minimum atomic E-state index is -0.974. The number of ether oxygens (including phenoxy) is 1. The number of carbonyl (C=O) groups is 1. The van der Waals surface area contributed by atoms with Gasteiger partial charge in [0, 0.05) is 17.6 Å². The summed E-state index contributed by atoms with van der Waals surface area (Å²) >= 11 is 0. The van der Waals surface area contributed by atoms with Crippen LogP contribution >= 0.6 is 0 Å². The molecular weight excluding hydrogens is 230 g/mol. The van der Waals surface area contributed by atoms with Crippen LogP contribution in [0.5, 0.6) is 5.75 Å². The summed E-state index contributed by atoms with van der Waals surface area (Å²) in [4.78, 5) is 10.4.